The van der Waals surface area contributed by atoms with Gasteiger partial charge < -0.3 is 24.1 Å². The van der Waals surface area contributed by atoms with Gasteiger partial charge in [0.05, 0.1) is 39.0 Å². The molecule has 1 amide bonds. The standard InChI is InChI=1S/C20H20N2O6S/c1-25-15-6-5-11(7-14(15)22-20(23)24)13-10-21-29-19(13)12-8-16(26-2)18(28-4)17(9-12)27-3/h5-10,22H,1-4H3,(H,23,24). The van der Waals surface area contributed by atoms with Crippen LogP contribution in [0.1, 0.15) is 0 Å². The van der Waals surface area contributed by atoms with Gasteiger partial charge in [-0.3, -0.25) is 5.32 Å². The van der Waals surface area contributed by atoms with Gasteiger partial charge in [0.2, 0.25) is 5.75 Å². The number of benzene rings is 2. The topological polar surface area (TPSA) is 99.1 Å². The summed E-state index contributed by atoms with van der Waals surface area (Å²) in [5, 5.41) is 11.4. The Labute approximate surface area is 171 Å². The van der Waals surface area contributed by atoms with E-state index in [0.717, 1.165) is 21.6 Å². The molecule has 8 nitrogen and oxygen atoms in total. The molecule has 0 unspecified atom stereocenters. The van der Waals surface area contributed by atoms with Gasteiger partial charge in [-0.1, -0.05) is 6.07 Å². The Hall–Kier alpha value is -3.46. The lowest BCUT2D eigenvalue weighted by molar-refractivity contribution is 0.209. The molecule has 0 spiro atoms. The first-order valence-corrected chi connectivity index (χ1v) is 9.23. The molecule has 2 aromatic carbocycles. The predicted octanol–water partition coefficient (Wildman–Crippen LogP) is 4.60. The van der Waals surface area contributed by atoms with Crippen LogP contribution in [0.4, 0.5) is 10.5 Å². The Kier molecular flexibility index (Phi) is 6.08. The third-order valence-electron chi connectivity index (χ3n) is 4.25. The zero-order valence-corrected chi connectivity index (χ0v) is 17.1. The molecule has 2 N–H and O–H groups in total. The van der Waals surface area contributed by atoms with Gasteiger partial charge >= 0.3 is 6.09 Å². The maximum Gasteiger partial charge on any atom is 0.409 e. The van der Waals surface area contributed by atoms with Crippen LogP contribution in [0.3, 0.4) is 0 Å². The highest BCUT2D eigenvalue weighted by Gasteiger charge is 2.19. The maximum absolute atomic E-state index is 11.1. The summed E-state index contributed by atoms with van der Waals surface area (Å²) in [5.41, 5.74) is 2.80. The molecule has 3 rings (SSSR count). The normalized spacial score (nSPS) is 10.3. The Bertz CT molecular complexity index is 1010. The molecule has 0 saturated carbocycles. The molecule has 0 aliphatic rings. The fourth-order valence-corrected chi connectivity index (χ4v) is 3.71. The molecule has 0 saturated heterocycles. The van der Waals surface area contributed by atoms with E-state index in [1.54, 1.807) is 39.7 Å². The number of rotatable bonds is 7. The van der Waals surface area contributed by atoms with Crippen molar-refractivity contribution >= 4 is 23.3 Å². The summed E-state index contributed by atoms with van der Waals surface area (Å²) >= 11 is 1.31. The Balaban J connectivity index is 2.12. The molecule has 0 aliphatic carbocycles. The number of aromatic nitrogens is 1. The van der Waals surface area contributed by atoms with Crippen molar-refractivity contribution in [2.75, 3.05) is 33.8 Å². The average molecular weight is 416 g/mol. The molecule has 152 valence electrons. The third-order valence-corrected chi connectivity index (χ3v) is 5.10. The molecular weight excluding hydrogens is 396 g/mol. The lowest BCUT2D eigenvalue weighted by atomic mass is 10.0. The van der Waals surface area contributed by atoms with E-state index in [2.05, 4.69) is 9.69 Å². The quantitative estimate of drug-likeness (QED) is 0.581. The van der Waals surface area contributed by atoms with Gasteiger partial charge in [0.15, 0.2) is 11.5 Å². The monoisotopic (exact) mass is 416 g/mol. The predicted molar refractivity (Wildman–Crippen MR) is 111 cm³/mol. The minimum atomic E-state index is -1.17. The van der Waals surface area contributed by atoms with Crippen LogP contribution < -0.4 is 24.3 Å². The SMILES string of the molecule is COc1ccc(-c2cnsc2-c2cc(OC)c(OC)c(OC)c2)cc1NC(=O)O. The summed E-state index contributed by atoms with van der Waals surface area (Å²) in [4.78, 5) is 12.0. The summed E-state index contributed by atoms with van der Waals surface area (Å²) in [5.74, 6) is 1.99. The van der Waals surface area contributed by atoms with E-state index < -0.39 is 6.09 Å². The smallest absolute Gasteiger partial charge is 0.409 e. The van der Waals surface area contributed by atoms with Crippen LogP contribution in [0.25, 0.3) is 21.6 Å². The second-order valence-corrected chi connectivity index (χ2v) is 6.63. The van der Waals surface area contributed by atoms with E-state index in [9.17, 15) is 4.79 Å². The molecule has 3 aromatic rings. The summed E-state index contributed by atoms with van der Waals surface area (Å²) in [6.45, 7) is 0. The molecule has 0 atom stereocenters. The summed E-state index contributed by atoms with van der Waals surface area (Å²) in [6.07, 6.45) is 0.559. The molecule has 29 heavy (non-hydrogen) atoms. The van der Waals surface area contributed by atoms with E-state index in [4.69, 9.17) is 24.1 Å². The maximum atomic E-state index is 11.1. The molecule has 0 fully saturated rings. The van der Waals surface area contributed by atoms with Crippen LogP contribution in [0, 0.1) is 0 Å². The highest BCUT2D eigenvalue weighted by atomic mass is 32.1. The Morgan fingerprint density at radius 3 is 2.14 bits per heavy atom. The van der Waals surface area contributed by atoms with Crippen molar-refractivity contribution in [3.8, 4) is 44.6 Å². The Morgan fingerprint density at radius 2 is 1.59 bits per heavy atom. The van der Waals surface area contributed by atoms with Crippen LogP contribution >= 0.6 is 11.5 Å². The number of anilines is 1. The van der Waals surface area contributed by atoms with Crippen LogP contribution in [0.15, 0.2) is 36.5 Å². The van der Waals surface area contributed by atoms with Gasteiger partial charge in [-0.05, 0) is 41.4 Å². The second kappa shape index (κ2) is 8.70. The number of carbonyl (C=O) groups is 1. The van der Waals surface area contributed by atoms with Crippen molar-refractivity contribution in [3.05, 3.63) is 36.5 Å². The minimum absolute atomic E-state index is 0.347. The van der Waals surface area contributed by atoms with E-state index >= 15 is 0 Å². The molecule has 9 heteroatoms. The molecule has 1 aromatic heterocycles. The van der Waals surface area contributed by atoms with Crippen molar-refractivity contribution < 1.29 is 28.8 Å². The first kappa shape index (κ1) is 20.3. The van der Waals surface area contributed by atoms with E-state index in [1.165, 1.54) is 18.6 Å². The van der Waals surface area contributed by atoms with Gasteiger partial charge in [-0.15, -0.1) is 0 Å². The first-order chi connectivity index (χ1) is 14.0. The van der Waals surface area contributed by atoms with Gasteiger partial charge in [0.1, 0.15) is 5.75 Å². The van der Waals surface area contributed by atoms with Crippen molar-refractivity contribution in [3.63, 3.8) is 0 Å². The highest BCUT2D eigenvalue weighted by molar-refractivity contribution is 7.10. The van der Waals surface area contributed by atoms with Crippen LogP contribution in [0.2, 0.25) is 0 Å². The number of nitrogens with zero attached hydrogens (tertiary/aromatic N) is 1. The Morgan fingerprint density at radius 1 is 0.931 bits per heavy atom. The highest BCUT2D eigenvalue weighted by Crippen LogP contribution is 2.45. The van der Waals surface area contributed by atoms with Gasteiger partial charge in [-0.25, -0.2) is 4.79 Å². The number of amides is 1. The molecule has 0 bridgehead atoms. The fourth-order valence-electron chi connectivity index (χ4n) is 2.95. The number of methoxy groups -OCH3 is 4. The number of carboxylic acid groups (broad SMARTS) is 1. The van der Waals surface area contributed by atoms with E-state index in [1.807, 2.05) is 18.2 Å². The third kappa shape index (κ3) is 4.04. The summed E-state index contributed by atoms with van der Waals surface area (Å²) in [7, 11) is 6.14. The summed E-state index contributed by atoms with van der Waals surface area (Å²) in [6, 6.07) is 8.95. The van der Waals surface area contributed by atoms with Crippen LogP contribution in [-0.2, 0) is 0 Å². The second-order valence-electron chi connectivity index (χ2n) is 5.83. The number of hydrogen-bond donors (Lipinski definition) is 2. The zero-order valence-electron chi connectivity index (χ0n) is 16.3. The molecule has 1 heterocycles. The number of hydrogen-bond acceptors (Lipinski definition) is 7. The van der Waals surface area contributed by atoms with E-state index in [0.29, 0.717) is 28.7 Å². The van der Waals surface area contributed by atoms with Gasteiger partial charge in [0.25, 0.3) is 0 Å². The van der Waals surface area contributed by atoms with Crippen LogP contribution in [0.5, 0.6) is 23.0 Å². The minimum Gasteiger partial charge on any atom is -0.495 e. The number of ether oxygens (including phenoxy) is 4. The fraction of sp³-hybridized carbons (Fsp3) is 0.200. The average Bonchev–Trinajstić information content (AvgIpc) is 3.22. The lowest BCUT2D eigenvalue weighted by Crippen LogP contribution is -2.08. The van der Waals surface area contributed by atoms with Crippen LogP contribution in [-0.4, -0.2) is 44.0 Å². The summed E-state index contributed by atoms with van der Waals surface area (Å²) < 4.78 is 25.8. The first-order valence-electron chi connectivity index (χ1n) is 8.45. The number of nitrogens with one attached hydrogen (secondary N) is 1. The van der Waals surface area contributed by atoms with Crippen molar-refractivity contribution in [1.29, 1.82) is 0 Å². The van der Waals surface area contributed by atoms with Crippen molar-refractivity contribution in [1.82, 2.24) is 4.37 Å². The molecule has 0 aliphatic heterocycles. The molecular formula is C20H20N2O6S. The zero-order chi connectivity index (χ0) is 21.0. The van der Waals surface area contributed by atoms with Gasteiger partial charge in [-0.2, -0.15) is 4.37 Å². The largest absolute Gasteiger partial charge is 0.495 e. The van der Waals surface area contributed by atoms with Crippen molar-refractivity contribution in [2.24, 2.45) is 0 Å². The molecule has 0 radical (unpaired) electrons. The van der Waals surface area contributed by atoms with E-state index in [-0.39, 0.29) is 0 Å². The van der Waals surface area contributed by atoms with Crippen molar-refractivity contribution in [2.45, 2.75) is 0 Å². The lowest BCUT2D eigenvalue weighted by Gasteiger charge is -2.14. The van der Waals surface area contributed by atoms with Gasteiger partial charge in [0, 0.05) is 17.3 Å².